The minimum absolute atomic E-state index is 0.172. The number of imidazole rings is 1. The van der Waals surface area contributed by atoms with Crippen molar-refractivity contribution in [3.63, 3.8) is 0 Å². The second kappa shape index (κ2) is 8.05. The highest BCUT2D eigenvalue weighted by atomic mass is 32.1. The standard InChI is InChI=1S/C20H23N5O4S/c26-8-13-16(27)17(28)20(29-13)25-10-23-15-18(21-9-22-19(15)25)24-12-5-2-1-4-11(12)14-6-3-7-30-14/h1-3,6-7,9-13,16-17,20,26-28H,4-5,8H2,(H,21,22,24)/t11-,12-,13-,16-,17-,20-/m1/s1. The molecule has 1 aliphatic carbocycles. The quantitative estimate of drug-likeness (QED) is 0.449. The van der Waals surface area contributed by atoms with E-state index in [0.717, 1.165) is 12.8 Å². The van der Waals surface area contributed by atoms with Crippen LogP contribution in [0.4, 0.5) is 5.82 Å². The van der Waals surface area contributed by atoms with E-state index >= 15 is 0 Å². The molecule has 0 saturated carbocycles. The third-order valence-corrected chi connectivity index (χ3v) is 6.82. The molecule has 1 fully saturated rings. The first-order chi connectivity index (χ1) is 14.7. The van der Waals surface area contributed by atoms with Gasteiger partial charge in [-0.25, -0.2) is 15.0 Å². The smallest absolute Gasteiger partial charge is 0.167 e. The molecule has 4 heterocycles. The molecule has 4 N–H and O–H groups in total. The van der Waals surface area contributed by atoms with Gasteiger partial charge in [-0.05, 0) is 24.3 Å². The second-order valence-corrected chi connectivity index (χ2v) is 8.57. The van der Waals surface area contributed by atoms with E-state index in [1.165, 1.54) is 17.5 Å². The predicted molar refractivity (Wildman–Crippen MR) is 111 cm³/mol. The molecule has 3 aromatic heterocycles. The number of hydrogen-bond donors (Lipinski definition) is 4. The summed E-state index contributed by atoms with van der Waals surface area (Å²) >= 11 is 1.76. The summed E-state index contributed by atoms with van der Waals surface area (Å²) in [4.78, 5) is 14.5. The van der Waals surface area contributed by atoms with Crippen LogP contribution in [0.3, 0.4) is 0 Å². The number of aromatic nitrogens is 4. The maximum atomic E-state index is 10.4. The fraction of sp³-hybridized carbons (Fsp3) is 0.450. The summed E-state index contributed by atoms with van der Waals surface area (Å²) in [6.07, 6.45) is 5.07. The largest absolute Gasteiger partial charge is 0.394 e. The number of aliphatic hydroxyl groups excluding tert-OH is 3. The topological polar surface area (TPSA) is 126 Å². The van der Waals surface area contributed by atoms with Gasteiger partial charge in [0.15, 0.2) is 23.2 Å². The van der Waals surface area contributed by atoms with Crippen LogP contribution in [0.25, 0.3) is 11.2 Å². The van der Waals surface area contributed by atoms with Crippen molar-refractivity contribution in [2.75, 3.05) is 11.9 Å². The lowest BCUT2D eigenvalue weighted by Crippen LogP contribution is -2.33. The Morgan fingerprint density at radius 3 is 2.80 bits per heavy atom. The van der Waals surface area contributed by atoms with Crippen molar-refractivity contribution in [3.8, 4) is 0 Å². The van der Waals surface area contributed by atoms with Crippen LogP contribution in [0.1, 0.15) is 29.9 Å². The van der Waals surface area contributed by atoms with Crippen molar-refractivity contribution in [3.05, 3.63) is 47.2 Å². The third-order valence-electron chi connectivity index (χ3n) is 5.81. The molecule has 0 spiro atoms. The Balaban J connectivity index is 1.45. The van der Waals surface area contributed by atoms with Gasteiger partial charge in [-0.1, -0.05) is 18.2 Å². The normalized spacial score (nSPS) is 31.4. The highest BCUT2D eigenvalue weighted by Gasteiger charge is 2.44. The van der Waals surface area contributed by atoms with Gasteiger partial charge in [-0.15, -0.1) is 11.3 Å². The van der Waals surface area contributed by atoms with Crippen LogP contribution in [0.5, 0.6) is 0 Å². The van der Waals surface area contributed by atoms with Crippen LogP contribution in [0, 0.1) is 0 Å². The van der Waals surface area contributed by atoms with Crippen LogP contribution in [0.2, 0.25) is 0 Å². The summed E-state index contributed by atoms with van der Waals surface area (Å²) in [6, 6.07) is 4.40. The van der Waals surface area contributed by atoms with Crippen LogP contribution < -0.4 is 5.32 Å². The van der Waals surface area contributed by atoms with E-state index in [-0.39, 0.29) is 12.6 Å². The molecule has 1 saturated heterocycles. The molecule has 0 bridgehead atoms. The summed E-state index contributed by atoms with van der Waals surface area (Å²) in [6.45, 7) is -0.386. The molecule has 6 atom stereocenters. The molecule has 2 aliphatic rings. The Hall–Kier alpha value is -2.37. The SMILES string of the molecule is OC[C@H]1O[C@@H](n2cnc3c(N[C@@H]4CC=CC[C@H]4c4cccs4)ncnc32)[C@H](O)[C@@H]1O. The van der Waals surface area contributed by atoms with Gasteiger partial charge in [0.05, 0.1) is 12.9 Å². The number of nitrogens with zero attached hydrogens (tertiary/aromatic N) is 4. The van der Waals surface area contributed by atoms with Gasteiger partial charge in [0.2, 0.25) is 0 Å². The van der Waals surface area contributed by atoms with Gasteiger partial charge in [-0.2, -0.15) is 0 Å². The number of anilines is 1. The molecule has 3 aromatic rings. The van der Waals surface area contributed by atoms with Gasteiger partial charge in [-0.3, -0.25) is 4.57 Å². The van der Waals surface area contributed by atoms with E-state index in [1.54, 1.807) is 15.9 Å². The molecule has 0 radical (unpaired) electrons. The Kier molecular flexibility index (Phi) is 5.25. The van der Waals surface area contributed by atoms with Crippen LogP contribution in [-0.2, 0) is 4.74 Å². The fourth-order valence-electron chi connectivity index (χ4n) is 4.22. The first-order valence-corrected chi connectivity index (χ1v) is 10.8. The lowest BCUT2D eigenvalue weighted by molar-refractivity contribution is -0.0511. The molecule has 30 heavy (non-hydrogen) atoms. The highest BCUT2D eigenvalue weighted by Crippen LogP contribution is 2.36. The summed E-state index contributed by atoms with van der Waals surface area (Å²) in [7, 11) is 0. The van der Waals surface area contributed by atoms with Crippen LogP contribution in [0.15, 0.2) is 42.3 Å². The molecule has 1 aliphatic heterocycles. The number of rotatable bonds is 5. The number of aliphatic hydroxyl groups is 3. The number of thiophene rings is 1. The first-order valence-electron chi connectivity index (χ1n) is 9.92. The zero-order valence-electron chi connectivity index (χ0n) is 16.1. The summed E-state index contributed by atoms with van der Waals surface area (Å²) in [5, 5.41) is 35.4. The van der Waals surface area contributed by atoms with Gasteiger partial charge in [0.25, 0.3) is 0 Å². The summed E-state index contributed by atoms with van der Waals surface area (Å²) in [5.74, 6) is 0.967. The second-order valence-electron chi connectivity index (χ2n) is 7.59. The summed E-state index contributed by atoms with van der Waals surface area (Å²) in [5.41, 5.74) is 1.05. The predicted octanol–water partition coefficient (Wildman–Crippen LogP) is 1.41. The van der Waals surface area contributed by atoms with Crippen molar-refractivity contribution < 1.29 is 20.1 Å². The zero-order valence-corrected chi connectivity index (χ0v) is 16.9. The number of fused-ring (bicyclic) bond motifs is 1. The molecule has 5 rings (SSSR count). The average Bonchev–Trinajstić information content (AvgIpc) is 3.50. The van der Waals surface area contributed by atoms with Crippen molar-refractivity contribution in [1.82, 2.24) is 19.5 Å². The lowest BCUT2D eigenvalue weighted by atomic mass is 9.88. The van der Waals surface area contributed by atoms with Crippen molar-refractivity contribution >= 4 is 28.3 Å². The van der Waals surface area contributed by atoms with E-state index in [4.69, 9.17) is 4.74 Å². The zero-order chi connectivity index (χ0) is 20.7. The van der Waals surface area contributed by atoms with Gasteiger partial charge < -0.3 is 25.4 Å². The molecule has 0 amide bonds. The third kappa shape index (κ3) is 3.30. The molecule has 10 heteroatoms. The lowest BCUT2D eigenvalue weighted by Gasteiger charge is -2.29. The van der Waals surface area contributed by atoms with E-state index in [1.807, 2.05) is 0 Å². The average molecular weight is 430 g/mol. The van der Waals surface area contributed by atoms with Crippen molar-refractivity contribution in [2.24, 2.45) is 0 Å². The van der Waals surface area contributed by atoms with E-state index in [9.17, 15) is 15.3 Å². The van der Waals surface area contributed by atoms with E-state index < -0.39 is 24.5 Å². The minimum Gasteiger partial charge on any atom is -0.394 e. The number of ether oxygens (including phenoxy) is 1. The highest BCUT2D eigenvalue weighted by molar-refractivity contribution is 7.10. The van der Waals surface area contributed by atoms with E-state index in [0.29, 0.717) is 22.9 Å². The molecule has 0 unspecified atom stereocenters. The Morgan fingerprint density at radius 1 is 1.17 bits per heavy atom. The van der Waals surface area contributed by atoms with Crippen molar-refractivity contribution in [1.29, 1.82) is 0 Å². The maximum Gasteiger partial charge on any atom is 0.167 e. The van der Waals surface area contributed by atoms with Crippen molar-refractivity contribution in [2.45, 2.75) is 49.3 Å². The number of hydrogen-bond acceptors (Lipinski definition) is 9. The van der Waals surface area contributed by atoms with Gasteiger partial charge >= 0.3 is 0 Å². The van der Waals surface area contributed by atoms with Crippen LogP contribution in [-0.4, -0.2) is 65.8 Å². The molecule has 158 valence electrons. The molecule has 0 aromatic carbocycles. The fourth-order valence-corrected chi connectivity index (χ4v) is 5.13. The number of nitrogens with one attached hydrogen (secondary N) is 1. The monoisotopic (exact) mass is 429 g/mol. The minimum atomic E-state index is -1.20. The number of allylic oxidation sites excluding steroid dienone is 1. The Bertz CT molecular complexity index is 1040. The molecular formula is C20H23N5O4S. The Morgan fingerprint density at radius 2 is 2.03 bits per heavy atom. The van der Waals surface area contributed by atoms with Crippen LogP contribution >= 0.6 is 11.3 Å². The van der Waals surface area contributed by atoms with E-state index in [2.05, 4.69) is 49.9 Å². The Labute approximate surface area is 176 Å². The molecule has 9 nitrogen and oxygen atoms in total. The molecular weight excluding hydrogens is 406 g/mol. The first kappa shape index (κ1) is 19.6. The maximum absolute atomic E-state index is 10.4. The summed E-state index contributed by atoms with van der Waals surface area (Å²) < 4.78 is 7.20. The van der Waals surface area contributed by atoms with Gasteiger partial charge in [0, 0.05) is 16.8 Å². The van der Waals surface area contributed by atoms with Gasteiger partial charge in [0.1, 0.15) is 24.6 Å².